The van der Waals surface area contributed by atoms with Gasteiger partial charge in [-0.3, -0.25) is 14.5 Å². The molecule has 0 radical (unpaired) electrons. The van der Waals surface area contributed by atoms with Gasteiger partial charge in [0.15, 0.2) is 6.61 Å². The van der Waals surface area contributed by atoms with Crippen LogP contribution in [0.5, 0.6) is 5.75 Å². The molecule has 5 heteroatoms. The highest BCUT2D eigenvalue weighted by Gasteiger charge is 2.29. The van der Waals surface area contributed by atoms with Gasteiger partial charge >= 0.3 is 0 Å². The summed E-state index contributed by atoms with van der Waals surface area (Å²) in [6, 6.07) is 17.3. The van der Waals surface area contributed by atoms with Crippen molar-refractivity contribution in [2.45, 2.75) is 32.9 Å². The fraction of sp³-hybridized carbons (Fsp3) is 0.333. The maximum atomic E-state index is 13.1. The minimum Gasteiger partial charge on any atom is -0.482 e. The smallest absolute Gasteiger partial charge is 0.265 e. The monoisotopic (exact) mass is 352 g/mol. The van der Waals surface area contributed by atoms with Gasteiger partial charge in [0, 0.05) is 12.6 Å². The van der Waals surface area contributed by atoms with Gasteiger partial charge in [0.1, 0.15) is 12.3 Å². The van der Waals surface area contributed by atoms with Gasteiger partial charge in [0.25, 0.3) is 5.91 Å². The van der Waals surface area contributed by atoms with Gasteiger partial charge in [-0.05, 0) is 31.0 Å². The standard InChI is InChI=1S/C21H24N2O3/c1-3-16(2)22(13-17-9-5-4-6-10-17)20(24)14-23-18-11-7-8-12-19(18)26-15-21(23)25/h4-12,16H,3,13-15H2,1-2H3. The van der Waals surface area contributed by atoms with Crippen molar-refractivity contribution in [2.75, 3.05) is 18.1 Å². The van der Waals surface area contributed by atoms with Gasteiger partial charge in [-0.1, -0.05) is 49.4 Å². The second-order valence-electron chi connectivity index (χ2n) is 6.50. The number of hydrogen-bond donors (Lipinski definition) is 0. The number of hydrogen-bond acceptors (Lipinski definition) is 3. The Labute approximate surface area is 154 Å². The Hall–Kier alpha value is -2.82. The number of carbonyl (C=O) groups excluding carboxylic acids is 2. The lowest BCUT2D eigenvalue weighted by Gasteiger charge is -2.33. The Morgan fingerprint density at radius 3 is 2.58 bits per heavy atom. The second-order valence-corrected chi connectivity index (χ2v) is 6.50. The summed E-state index contributed by atoms with van der Waals surface area (Å²) in [5.41, 5.74) is 1.73. The predicted octanol–water partition coefficient (Wildman–Crippen LogP) is 3.24. The quantitative estimate of drug-likeness (QED) is 0.802. The van der Waals surface area contributed by atoms with E-state index >= 15 is 0 Å². The highest BCUT2D eigenvalue weighted by molar-refractivity contribution is 6.02. The lowest BCUT2D eigenvalue weighted by atomic mass is 10.1. The zero-order chi connectivity index (χ0) is 18.5. The van der Waals surface area contributed by atoms with Crippen LogP contribution in [0, 0.1) is 0 Å². The summed E-state index contributed by atoms with van der Waals surface area (Å²) in [7, 11) is 0. The molecule has 26 heavy (non-hydrogen) atoms. The highest BCUT2D eigenvalue weighted by atomic mass is 16.5. The molecule has 1 aliphatic rings. The van der Waals surface area contributed by atoms with Gasteiger partial charge in [-0.2, -0.15) is 0 Å². The van der Waals surface area contributed by atoms with Gasteiger partial charge in [-0.15, -0.1) is 0 Å². The number of para-hydroxylation sites is 2. The second kappa shape index (κ2) is 8.04. The molecule has 0 saturated carbocycles. The van der Waals surface area contributed by atoms with Crippen molar-refractivity contribution < 1.29 is 14.3 Å². The largest absolute Gasteiger partial charge is 0.482 e. The number of nitrogens with zero attached hydrogens (tertiary/aromatic N) is 2. The first-order valence-electron chi connectivity index (χ1n) is 8.95. The zero-order valence-electron chi connectivity index (χ0n) is 15.2. The molecule has 0 aliphatic carbocycles. The minimum absolute atomic E-state index is 0.0242. The number of ether oxygens (including phenoxy) is 1. The van der Waals surface area contributed by atoms with Gasteiger partial charge in [0.05, 0.1) is 5.69 Å². The van der Waals surface area contributed by atoms with E-state index in [1.165, 1.54) is 4.90 Å². The van der Waals surface area contributed by atoms with Crippen LogP contribution in [-0.4, -0.2) is 35.9 Å². The molecule has 0 spiro atoms. The molecule has 5 nitrogen and oxygen atoms in total. The molecular weight excluding hydrogens is 328 g/mol. The third-order valence-corrected chi connectivity index (χ3v) is 4.74. The van der Waals surface area contributed by atoms with E-state index in [1.807, 2.05) is 66.4 Å². The molecule has 0 saturated heterocycles. The highest BCUT2D eigenvalue weighted by Crippen LogP contribution is 2.31. The Morgan fingerprint density at radius 2 is 1.85 bits per heavy atom. The maximum absolute atomic E-state index is 13.1. The van der Waals surface area contributed by atoms with E-state index in [1.54, 1.807) is 0 Å². The first kappa shape index (κ1) is 18.0. The molecule has 136 valence electrons. The van der Waals surface area contributed by atoms with Crippen LogP contribution in [0.3, 0.4) is 0 Å². The van der Waals surface area contributed by atoms with Crippen LogP contribution in [0.2, 0.25) is 0 Å². The van der Waals surface area contributed by atoms with Crippen LogP contribution in [0.4, 0.5) is 5.69 Å². The van der Waals surface area contributed by atoms with E-state index in [0.717, 1.165) is 12.0 Å². The minimum atomic E-state index is -0.194. The van der Waals surface area contributed by atoms with E-state index in [2.05, 4.69) is 6.92 Å². The Balaban J connectivity index is 1.80. The van der Waals surface area contributed by atoms with E-state index < -0.39 is 0 Å². The SMILES string of the molecule is CCC(C)N(Cc1ccccc1)C(=O)CN1C(=O)COc2ccccc21. The van der Waals surface area contributed by atoms with Crippen LogP contribution in [0.15, 0.2) is 54.6 Å². The summed E-state index contributed by atoms with van der Waals surface area (Å²) < 4.78 is 5.46. The number of fused-ring (bicyclic) bond motifs is 1. The molecule has 2 amide bonds. The summed E-state index contributed by atoms with van der Waals surface area (Å²) in [6.07, 6.45) is 0.853. The fourth-order valence-corrected chi connectivity index (χ4v) is 3.04. The van der Waals surface area contributed by atoms with E-state index in [0.29, 0.717) is 18.0 Å². The van der Waals surface area contributed by atoms with E-state index in [-0.39, 0.29) is 31.0 Å². The topological polar surface area (TPSA) is 49.9 Å². The van der Waals surface area contributed by atoms with E-state index in [9.17, 15) is 9.59 Å². The van der Waals surface area contributed by atoms with Gasteiger partial charge in [0.2, 0.25) is 5.91 Å². The van der Waals surface area contributed by atoms with Crippen LogP contribution in [0.1, 0.15) is 25.8 Å². The molecule has 0 fully saturated rings. The van der Waals surface area contributed by atoms with Gasteiger partial charge in [-0.25, -0.2) is 0 Å². The number of rotatable bonds is 6. The summed E-state index contributed by atoms with van der Waals surface area (Å²) in [5, 5.41) is 0. The summed E-state index contributed by atoms with van der Waals surface area (Å²) >= 11 is 0. The van der Waals surface area contributed by atoms with Crippen LogP contribution >= 0.6 is 0 Å². The number of benzene rings is 2. The van der Waals surface area contributed by atoms with Crippen molar-refractivity contribution in [3.63, 3.8) is 0 Å². The third kappa shape index (κ3) is 3.87. The van der Waals surface area contributed by atoms with Crippen molar-refractivity contribution in [1.82, 2.24) is 4.90 Å². The summed E-state index contributed by atoms with van der Waals surface area (Å²) in [6.45, 7) is 4.62. The van der Waals surface area contributed by atoms with Crippen LogP contribution < -0.4 is 9.64 Å². The normalized spacial score (nSPS) is 14.4. The van der Waals surface area contributed by atoms with Crippen LogP contribution in [0.25, 0.3) is 0 Å². The van der Waals surface area contributed by atoms with Crippen molar-refractivity contribution in [3.05, 3.63) is 60.2 Å². The van der Waals surface area contributed by atoms with Crippen molar-refractivity contribution in [2.24, 2.45) is 0 Å². The number of amides is 2. The molecule has 3 rings (SSSR count). The molecule has 2 aromatic carbocycles. The molecule has 0 N–H and O–H groups in total. The predicted molar refractivity (Wildman–Crippen MR) is 101 cm³/mol. The van der Waals surface area contributed by atoms with Crippen LogP contribution in [-0.2, 0) is 16.1 Å². The Kier molecular flexibility index (Phi) is 5.56. The average Bonchev–Trinajstić information content (AvgIpc) is 2.68. The molecule has 0 aromatic heterocycles. The lowest BCUT2D eigenvalue weighted by Crippen LogP contribution is -2.48. The summed E-state index contributed by atoms with van der Waals surface area (Å²) in [4.78, 5) is 28.8. The maximum Gasteiger partial charge on any atom is 0.265 e. The van der Waals surface area contributed by atoms with Crippen molar-refractivity contribution in [1.29, 1.82) is 0 Å². The zero-order valence-corrected chi connectivity index (χ0v) is 15.2. The molecule has 1 heterocycles. The lowest BCUT2D eigenvalue weighted by molar-refractivity contribution is -0.134. The Morgan fingerprint density at radius 1 is 1.15 bits per heavy atom. The molecule has 0 bridgehead atoms. The molecule has 1 atom stereocenters. The number of anilines is 1. The van der Waals surface area contributed by atoms with Crippen molar-refractivity contribution >= 4 is 17.5 Å². The molecule has 2 aromatic rings. The summed E-state index contributed by atoms with van der Waals surface area (Å²) in [5.74, 6) is 0.382. The fourth-order valence-electron chi connectivity index (χ4n) is 3.04. The van der Waals surface area contributed by atoms with Crippen molar-refractivity contribution in [3.8, 4) is 5.75 Å². The van der Waals surface area contributed by atoms with E-state index in [4.69, 9.17) is 4.74 Å². The number of carbonyl (C=O) groups is 2. The molecule has 1 unspecified atom stereocenters. The Bertz CT molecular complexity index is 776. The first-order valence-corrected chi connectivity index (χ1v) is 8.95. The first-order chi connectivity index (χ1) is 12.6. The average molecular weight is 352 g/mol. The molecular formula is C21H24N2O3. The molecule has 1 aliphatic heterocycles. The third-order valence-electron chi connectivity index (χ3n) is 4.74. The van der Waals surface area contributed by atoms with Gasteiger partial charge < -0.3 is 9.64 Å².